The van der Waals surface area contributed by atoms with E-state index >= 15 is 0 Å². The first-order valence-electron chi connectivity index (χ1n) is 14.9. The number of hydrogen-bond acceptors (Lipinski definition) is 11. The van der Waals surface area contributed by atoms with Gasteiger partial charge in [0.15, 0.2) is 4.93 Å². The third kappa shape index (κ3) is 21.6. The summed E-state index contributed by atoms with van der Waals surface area (Å²) >= 11 is 0. The summed E-state index contributed by atoms with van der Waals surface area (Å²) in [6, 6.07) is 7.00. The lowest BCUT2D eigenvalue weighted by Crippen LogP contribution is -2.33. The maximum absolute atomic E-state index is 12.6. The fourth-order valence-electron chi connectivity index (χ4n) is 3.37. The molecule has 0 heterocycles. The minimum absolute atomic E-state index is 0.0569. The van der Waals surface area contributed by atoms with E-state index in [1.54, 1.807) is 35.1 Å². The maximum Gasteiger partial charge on any atom is 0.251 e. The summed E-state index contributed by atoms with van der Waals surface area (Å²) in [6.07, 6.45) is 2.94. The Hall–Kier alpha value is -2.02. The summed E-state index contributed by atoms with van der Waals surface area (Å²) in [5.41, 5.74) is 0.488. The van der Waals surface area contributed by atoms with Gasteiger partial charge in [0.25, 0.3) is 5.91 Å². The van der Waals surface area contributed by atoms with Crippen LogP contribution in [0, 0.1) is 17.8 Å². The van der Waals surface area contributed by atoms with Crippen molar-refractivity contribution >= 4 is 33.4 Å². The number of carbonyl (C=O) groups excluding carboxylic acids is 2. The average Bonchev–Trinajstić information content (AvgIpc) is 3.00. The number of benzene rings is 1. The van der Waals surface area contributed by atoms with E-state index in [9.17, 15) is 9.59 Å². The first-order chi connectivity index (χ1) is 21.3. The first kappa shape index (κ1) is 40.0. The van der Waals surface area contributed by atoms with Crippen molar-refractivity contribution in [2.45, 2.75) is 32.1 Å². The first-order valence-corrected chi connectivity index (χ1v) is 17.4. The fraction of sp³-hybridized carbons (Fsp3) is 0.677. The topological polar surface area (TPSA) is 126 Å². The molecule has 0 saturated heterocycles. The molecule has 0 spiro atoms. The van der Waals surface area contributed by atoms with Gasteiger partial charge in [0.1, 0.15) is 19.0 Å². The molecule has 1 aromatic rings. The molecule has 44 heavy (non-hydrogen) atoms. The summed E-state index contributed by atoms with van der Waals surface area (Å²) < 4.78 is 33.9. The highest BCUT2D eigenvalue weighted by molar-refractivity contribution is 8.76. The summed E-state index contributed by atoms with van der Waals surface area (Å²) in [4.78, 5) is 23.8. The van der Waals surface area contributed by atoms with E-state index in [0.29, 0.717) is 57.4 Å². The smallest absolute Gasteiger partial charge is 0.251 e. The second kappa shape index (κ2) is 26.2. The van der Waals surface area contributed by atoms with Crippen molar-refractivity contribution in [2.24, 2.45) is 5.92 Å². The van der Waals surface area contributed by atoms with Gasteiger partial charge in [-0.3, -0.25) is 9.59 Å². The third-order valence-corrected chi connectivity index (χ3v) is 7.79. The Morgan fingerprint density at radius 3 is 2.34 bits per heavy atom. The van der Waals surface area contributed by atoms with Crippen LogP contribution in [0.15, 0.2) is 24.3 Å². The van der Waals surface area contributed by atoms with Crippen molar-refractivity contribution < 1.29 is 38.0 Å². The van der Waals surface area contributed by atoms with Gasteiger partial charge in [-0.05, 0) is 51.4 Å². The Labute approximate surface area is 271 Å². The SMILES string of the molecule is CNCCCOCCOCCOCCNC(=O)c1cccc(OCC(C)(OCCOCC(=O)NCC#CC(C)C)SSC)c1. The predicted octanol–water partition coefficient (Wildman–Crippen LogP) is 2.99. The molecular formula is C31H51N3O8S2. The highest BCUT2D eigenvalue weighted by Crippen LogP contribution is 2.35. The largest absolute Gasteiger partial charge is 0.490 e. The molecule has 0 fully saturated rings. The van der Waals surface area contributed by atoms with Gasteiger partial charge >= 0.3 is 0 Å². The van der Waals surface area contributed by atoms with Crippen LogP contribution < -0.4 is 20.7 Å². The molecule has 1 aromatic carbocycles. The molecule has 11 nitrogen and oxygen atoms in total. The standard InChI is InChI=1S/C31H51N3O8S2/c1-26(2)9-7-13-33-29(35)24-40-21-22-42-31(3,44-43-5)25-41-28-11-6-10-27(23-28)30(36)34-14-16-38-18-20-39-19-17-37-15-8-12-32-4/h6,10-11,23,26,32H,8,12-22,24-25H2,1-5H3,(H,33,35)(H,34,36). The highest BCUT2D eigenvalue weighted by Gasteiger charge is 2.27. The third-order valence-electron chi connectivity index (χ3n) is 5.48. The van der Waals surface area contributed by atoms with E-state index in [1.165, 1.54) is 10.8 Å². The van der Waals surface area contributed by atoms with Crippen molar-refractivity contribution in [3.63, 3.8) is 0 Å². The molecule has 1 atom stereocenters. The van der Waals surface area contributed by atoms with Crippen LogP contribution in [0.3, 0.4) is 0 Å². The Morgan fingerprint density at radius 2 is 1.64 bits per heavy atom. The molecule has 0 aromatic heterocycles. The molecule has 2 amide bonds. The summed E-state index contributed by atoms with van der Waals surface area (Å²) in [5.74, 6) is 6.28. The Balaban J connectivity index is 2.28. The molecule has 0 radical (unpaired) electrons. The van der Waals surface area contributed by atoms with Crippen LogP contribution in [0.25, 0.3) is 0 Å². The molecule has 0 aliphatic carbocycles. The van der Waals surface area contributed by atoms with E-state index in [-0.39, 0.29) is 44.2 Å². The maximum atomic E-state index is 12.6. The molecular weight excluding hydrogens is 606 g/mol. The van der Waals surface area contributed by atoms with Gasteiger partial charge in [-0.2, -0.15) is 0 Å². The average molecular weight is 658 g/mol. The van der Waals surface area contributed by atoms with Crippen LogP contribution >= 0.6 is 21.6 Å². The summed E-state index contributed by atoms with van der Waals surface area (Å²) in [6.45, 7) is 11.4. The molecule has 1 rings (SSSR count). The number of ether oxygens (including phenoxy) is 6. The number of carbonyl (C=O) groups is 2. The van der Waals surface area contributed by atoms with E-state index < -0.39 is 4.93 Å². The second-order valence-electron chi connectivity index (χ2n) is 9.90. The quantitative estimate of drug-likeness (QED) is 0.0590. The molecule has 0 aliphatic rings. The van der Waals surface area contributed by atoms with Gasteiger partial charge in [-0.1, -0.05) is 53.3 Å². The van der Waals surface area contributed by atoms with Crippen molar-refractivity contribution in [3.8, 4) is 17.6 Å². The Morgan fingerprint density at radius 1 is 0.932 bits per heavy atom. The van der Waals surface area contributed by atoms with Crippen molar-refractivity contribution in [1.29, 1.82) is 0 Å². The Kier molecular flexibility index (Phi) is 23.8. The van der Waals surface area contributed by atoms with Crippen LogP contribution in [0.4, 0.5) is 0 Å². The number of rotatable bonds is 26. The van der Waals surface area contributed by atoms with Gasteiger partial charge < -0.3 is 44.4 Å². The zero-order chi connectivity index (χ0) is 32.3. The van der Waals surface area contributed by atoms with E-state index in [4.69, 9.17) is 28.4 Å². The minimum Gasteiger partial charge on any atom is -0.490 e. The molecule has 0 bridgehead atoms. The lowest BCUT2D eigenvalue weighted by atomic mass is 10.2. The normalized spacial score (nSPS) is 12.3. The highest BCUT2D eigenvalue weighted by atomic mass is 33.1. The zero-order valence-electron chi connectivity index (χ0n) is 26.9. The van der Waals surface area contributed by atoms with Gasteiger partial charge in [-0.25, -0.2) is 0 Å². The van der Waals surface area contributed by atoms with Crippen LogP contribution in [0.2, 0.25) is 0 Å². The van der Waals surface area contributed by atoms with E-state index in [2.05, 4.69) is 27.8 Å². The lowest BCUT2D eigenvalue weighted by molar-refractivity contribution is -0.126. The van der Waals surface area contributed by atoms with Crippen LogP contribution in [0.1, 0.15) is 37.6 Å². The van der Waals surface area contributed by atoms with Crippen molar-refractivity contribution in [1.82, 2.24) is 16.0 Å². The van der Waals surface area contributed by atoms with Gasteiger partial charge in [0.2, 0.25) is 5.91 Å². The van der Waals surface area contributed by atoms with Gasteiger partial charge in [0.05, 0.1) is 52.8 Å². The van der Waals surface area contributed by atoms with Crippen LogP contribution in [0.5, 0.6) is 5.75 Å². The molecule has 0 saturated carbocycles. The zero-order valence-corrected chi connectivity index (χ0v) is 28.5. The van der Waals surface area contributed by atoms with Crippen LogP contribution in [-0.4, -0.2) is 116 Å². The van der Waals surface area contributed by atoms with E-state index in [0.717, 1.165) is 19.6 Å². The lowest BCUT2D eigenvalue weighted by Gasteiger charge is -2.28. The minimum atomic E-state index is -0.670. The monoisotopic (exact) mass is 657 g/mol. The van der Waals surface area contributed by atoms with Crippen molar-refractivity contribution in [3.05, 3.63) is 29.8 Å². The molecule has 13 heteroatoms. The summed E-state index contributed by atoms with van der Waals surface area (Å²) in [7, 11) is 5.00. The summed E-state index contributed by atoms with van der Waals surface area (Å²) in [5, 5.41) is 8.63. The number of hydrogen-bond donors (Lipinski definition) is 3. The number of nitrogens with one attached hydrogen (secondary N) is 3. The van der Waals surface area contributed by atoms with Gasteiger partial charge in [-0.15, -0.1) is 0 Å². The predicted molar refractivity (Wildman–Crippen MR) is 177 cm³/mol. The van der Waals surface area contributed by atoms with Crippen molar-refractivity contribution in [2.75, 3.05) is 99.0 Å². The number of amides is 2. The molecule has 1 unspecified atom stereocenters. The second-order valence-corrected chi connectivity index (χ2v) is 12.8. The fourth-order valence-corrected chi connectivity index (χ4v) is 5.31. The van der Waals surface area contributed by atoms with Gasteiger partial charge in [0, 0.05) is 24.6 Å². The van der Waals surface area contributed by atoms with E-state index in [1.807, 2.05) is 34.1 Å². The van der Waals surface area contributed by atoms with Crippen LogP contribution in [-0.2, 0) is 28.5 Å². The molecule has 0 aliphatic heterocycles. The molecule has 250 valence electrons. The molecule has 3 N–H and O–H groups in total. The Bertz CT molecular complexity index is 977.